The summed E-state index contributed by atoms with van der Waals surface area (Å²) in [7, 11) is 0. The van der Waals surface area contributed by atoms with Crippen LogP contribution in [0.5, 0.6) is 0 Å². The SMILES string of the molecule is O=C(CCc1nc2ccccc2c(=O)n1C1CC1)OCc1cc(=O)n2cc(Cl)ccc2n1. The Morgan fingerprint density at radius 1 is 1.12 bits per heavy atom. The summed E-state index contributed by atoms with van der Waals surface area (Å²) in [6.45, 7) is -0.117. The van der Waals surface area contributed by atoms with E-state index in [2.05, 4.69) is 9.97 Å². The predicted octanol–water partition coefficient (Wildman–Crippen LogP) is 3.07. The highest BCUT2D eigenvalue weighted by atomic mass is 35.5. The van der Waals surface area contributed by atoms with Gasteiger partial charge in [-0.2, -0.15) is 0 Å². The van der Waals surface area contributed by atoms with Crippen LogP contribution in [0.2, 0.25) is 5.02 Å². The summed E-state index contributed by atoms with van der Waals surface area (Å²) in [5.74, 6) is 0.139. The van der Waals surface area contributed by atoms with E-state index in [-0.39, 0.29) is 30.2 Å². The maximum atomic E-state index is 12.9. The fraction of sp³-hybridized carbons (Fsp3) is 0.261. The first-order chi connectivity index (χ1) is 15.5. The van der Waals surface area contributed by atoms with E-state index in [0.29, 0.717) is 39.5 Å². The second-order valence-corrected chi connectivity index (χ2v) is 8.21. The van der Waals surface area contributed by atoms with Crippen LogP contribution in [0, 0.1) is 0 Å². The number of carbonyl (C=O) groups is 1. The van der Waals surface area contributed by atoms with Gasteiger partial charge < -0.3 is 4.74 Å². The molecule has 0 bridgehead atoms. The minimum atomic E-state index is -0.451. The van der Waals surface area contributed by atoms with Gasteiger partial charge in [0.25, 0.3) is 11.1 Å². The molecule has 0 spiro atoms. The fourth-order valence-corrected chi connectivity index (χ4v) is 3.88. The first-order valence-electron chi connectivity index (χ1n) is 10.3. The molecule has 1 aromatic carbocycles. The lowest BCUT2D eigenvalue weighted by atomic mass is 10.2. The molecule has 5 rings (SSSR count). The van der Waals surface area contributed by atoms with Crippen LogP contribution in [-0.4, -0.2) is 24.9 Å². The predicted molar refractivity (Wildman–Crippen MR) is 119 cm³/mol. The Bertz CT molecular complexity index is 1470. The maximum Gasteiger partial charge on any atom is 0.306 e. The highest BCUT2D eigenvalue weighted by molar-refractivity contribution is 6.30. The van der Waals surface area contributed by atoms with Crippen molar-refractivity contribution in [3.05, 3.63) is 85.9 Å². The average Bonchev–Trinajstić information content (AvgIpc) is 3.62. The zero-order chi connectivity index (χ0) is 22.2. The first kappa shape index (κ1) is 20.4. The highest BCUT2D eigenvalue weighted by Gasteiger charge is 2.28. The van der Waals surface area contributed by atoms with E-state index in [0.717, 1.165) is 12.8 Å². The van der Waals surface area contributed by atoms with E-state index in [1.54, 1.807) is 28.8 Å². The smallest absolute Gasteiger partial charge is 0.306 e. The summed E-state index contributed by atoms with van der Waals surface area (Å²) in [6, 6.07) is 11.9. The highest BCUT2D eigenvalue weighted by Crippen LogP contribution is 2.34. The molecular weight excluding hydrogens is 432 g/mol. The van der Waals surface area contributed by atoms with Crippen LogP contribution < -0.4 is 11.1 Å². The molecule has 9 heteroatoms. The van der Waals surface area contributed by atoms with Crippen LogP contribution >= 0.6 is 11.6 Å². The number of nitrogens with zero attached hydrogens (tertiary/aromatic N) is 4. The van der Waals surface area contributed by atoms with Gasteiger partial charge in [0, 0.05) is 24.7 Å². The topological polar surface area (TPSA) is 95.6 Å². The van der Waals surface area contributed by atoms with Crippen molar-refractivity contribution in [3.63, 3.8) is 0 Å². The Labute approximate surface area is 187 Å². The molecule has 8 nitrogen and oxygen atoms in total. The number of ether oxygens (including phenoxy) is 1. The van der Waals surface area contributed by atoms with Crippen LogP contribution in [0.1, 0.15) is 36.8 Å². The minimum absolute atomic E-state index is 0.0672. The number of pyridine rings is 1. The molecule has 162 valence electrons. The summed E-state index contributed by atoms with van der Waals surface area (Å²) >= 11 is 5.91. The maximum absolute atomic E-state index is 12.9. The number of aryl methyl sites for hydroxylation is 1. The Balaban J connectivity index is 1.30. The van der Waals surface area contributed by atoms with Crippen LogP contribution in [-0.2, 0) is 22.6 Å². The van der Waals surface area contributed by atoms with Gasteiger partial charge in [-0.25, -0.2) is 9.97 Å². The van der Waals surface area contributed by atoms with Crippen molar-refractivity contribution in [2.45, 2.75) is 38.3 Å². The first-order valence-corrected chi connectivity index (χ1v) is 10.7. The van der Waals surface area contributed by atoms with Crippen molar-refractivity contribution in [3.8, 4) is 0 Å². The van der Waals surface area contributed by atoms with Gasteiger partial charge in [-0.05, 0) is 37.1 Å². The van der Waals surface area contributed by atoms with E-state index < -0.39 is 5.97 Å². The van der Waals surface area contributed by atoms with E-state index in [1.807, 2.05) is 12.1 Å². The number of halogens is 1. The van der Waals surface area contributed by atoms with E-state index in [1.165, 1.54) is 16.7 Å². The summed E-state index contributed by atoms with van der Waals surface area (Å²) < 4.78 is 8.36. The van der Waals surface area contributed by atoms with Crippen molar-refractivity contribution in [1.82, 2.24) is 18.9 Å². The van der Waals surface area contributed by atoms with Crippen molar-refractivity contribution in [2.75, 3.05) is 0 Å². The number of hydrogen-bond donors (Lipinski definition) is 0. The monoisotopic (exact) mass is 450 g/mol. The van der Waals surface area contributed by atoms with Crippen LogP contribution in [0.15, 0.2) is 58.3 Å². The lowest BCUT2D eigenvalue weighted by Gasteiger charge is -2.12. The lowest BCUT2D eigenvalue weighted by molar-refractivity contribution is -0.145. The molecule has 32 heavy (non-hydrogen) atoms. The van der Waals surface area contributed by atoms with Gasteiger partial charge in [0.05, 0.1) is 28.0 Å². The average molecular weight is 451 g/mol. The van der Waals surface area contributed by atoms with Crippen LogP contribution in [0.25, 0.3) is 16.6 Å². The number of fused-ring (bicyclic) bond motifs is 2. The molecule has 0 radical (unpaired) electrons. The molecule has 0 atom stereocenters. The van der Waals surface area contributed by atoms with Gasteiger partial charge in [-0.3, -0.25) is 23.4 Å². The quantitative estimate of drug-likeness (QED) is 0.419. The van der Waals surface area contributed by atoms with Gasteiger partial charge in [-0.15, -0.1) is 0 Å². The lowest BCUT2D eigenvalue weighted by Crippen LogP contribution is -2.25. The molecule has 0 N–H and O–H groups in total. The number of esters is 1. The summed E-state index contributed by atoms with van der Waals surface area (Å²) in [5, 5.41) is 1.01. The number of rotatable bonds is 6. The van der Waals surface area contributed by atoms with Gasteiger partial charge in [-0.1, -0.05) is 23.7 Å². The summed E-state index contributed by atoms with van der Waals surface area (Å²) in [5.41, 5.74) is 1.02. The van der Waals surface area contributed by atoms with Crippen LogP contribution in [0.4, 0.5) is 0 Å². The van der Waals surface area contributed by atoms with Gasteiger partial charge in [0.1, 0.15) is 18.1 Å². The van der Waals surface area contributed by atoms with Gasteiger partial charge in [0.15, 0.2) is 0 Å². The Kier molecular flexibility index (Phi) is 5.22. The van der Waals surface area contributed by atoms with Crippen LogP contribution in [0.3, 0.4) is 0 Å². The molecule has 3 heterocycles. The second kappa shape index (κ2) is 8.20. The second-order valence-electron chi connectivity index (χ2n) is 7.77. The van der Waals surface area contributed by atoms with Crippen molar-refractivity contribution < 1.29 is 9.53 Å². The number of carbonyl (C=O) groups excluding carboxylic acids is 1. The molecular formula is C23H19ClN4O4. The molecule has 0 amide bonds. The molecule has 0 saturated heterocycles. The van der Waals surface area contributed by atoms with Crippen molar-refractivity contribution >= 4 is 34.1 Å². The molecule has 3 aromatic heterocycles. The normalized spacial score (nSPS) is 13.5. The molecule has 4 aromatic rings. The van der Waals surface area contributed by atoms with E-state index in [4.69, 9.17) is 16.3 Å². The Morgan fingerprint density at radius 3 is 2.75 bits per heavy atom. The molecule has 0 unspecified atom stereocenters. The third kappa shape index (κ3) is 4.01. The zero-order valence-corrected chi connectivity index (χ0v) is 17.8. The molecule has 1 saturated carbocycles. The molecule has 0 aliphatic heterocycles. The fourth-order valence-electron chi connectivity index (χ4n) is 3.72. The standard InChI is InChI=1S/C23H19ClN4O4/c24-14-5-8-19-25-15(11-21(29)27(19)12-14)13-32-22(30)10-9-20-26-18-4-2-1-3-17(18)23(31)28(20)16-6-7-16/h1-5,8,11-12,16H,6-7,9-10,13H2. The zero-order valence-electron chi connectivity index (χ0n) is 17.0. The third-order valence-corrected chi connectivity index (χ3v) is 5.63. The molecule has 1 fully saturated rings. The van der Waals surface area contributed by atoms with Crippen molar-refractivity contribution in [2.24, 2.45) is 0 Å². The Morgan fingerprint density at radius 2 is 1.94 bits per heavy atom. The van der Waals surface area contributed by atoms with Gasteiger partial charge in [0.2, 0.25) is 0 Å². The number of para-hydroxylation sites is 1. The minimum Gasteiger partial charge on any atom is -0.459 e. The Hall–Kier alpha value is -3.52. The molecule has 1 aliphatic carbocycles. The number of hydrogen-bond acceptors (Lipinski definition) is 6. The van der Waals surface area contributed by atoms with E-state index in [9.17, 15) is 14.4 Å². The number of aromatic nitrogens is 4. The number of benzene rings is 1. The van der Waals surface area contributed by atoms with Crippen molar-refractivity contribution in [1.29, 1.82) is 0 Å². The van der Waals surface area contributed by atoms with Gasteiger partial charge >= 0.3 is 5.97 Å². The third-order valence-electron chi connectivity index (χ3n) is 5.40. The van der Waals surface area contributed by atoms with E-state index >= 15 is 0 Å². The summed E-state index contributed by atoms with van der Waals surface area (Å²) in [4.78, 5) is 46.5. The largest absolute Gasteiger partial charge is 0.459 e. The molecule has 1 aliphatic rings. The summed E-state index contributed by atoms with van der Waals surface area (Å²) in [6.07, 6.45) is 3.72.